The maximum atomic E-state index is 10.0. The molecule has 0 bridgehead atoms. The van der Waals surface area contributed by atoms with Gasteiger partial charge in [0.25, 0.3) is 0 Å². The Morgan fingerprint density at radius 2 is 2.28 bits per heavy atom. The number of aliphatic imine (C=N–C) groups is 1. The summed E-state index contributed by atoms with van der Waals surface area (Å²) in [5.41, 5.74) is -0.392. The molecule has 0 saturated carbocycles. The molecule has 6 atom stereocenters. The predicted octanol–water partition coefficient (Wildman–Crippen LogP) is -0.939. The molecule has 2 aliphatic heterocycles. The van der Waals surface area contributed by atoms with Gasteiger partial charge in [-0.25, -0.2) is 0 Å². The molecule has 0 aromatic rings. The molecule has 0 unspecified atom stereocenters. The zero-order valence-corrected chi connectivity index (χ0v) is 10.9. The molecule has 0 radical (unpaired) electrons. The summed E-state index contributed by atoms with van der Waals surface area (Å²) >= 11 is 1.36. The number of hydrogen-bond acceptors (Lipinski definition) is 7. The van der Waals surface area contributed by atoms with Crippen LogP contribution in [-0.4, -0.2) is 62.9 Å². The molecule has 0 aromatic heterocycles. The SMILES string of the molecule is C=C[C@@H](O)[C@H]1O[C@@H]2SC(NCC)=N[C@@H]2[C@@H](O)[C@@H]1O. The van der Waals surface area contributed by atoms with Crippen LogP contribution >= 0.6 is 11.8 Å². The van der Waals surface area contributed by atoms with Gasteiger partial charge in [0.2, 0.25) is 0 Å². The van der Waals surface area contributed by atoms with Crippen molar-refractivity contribution in [1.29, 1.82) is 0 Å². The van der Waals surface area contributed by atoms with E-state index >= 15 is 0 Å². The van der Waals surface area contributed by atoms with Crippen molar-refractivity contribution >= 4 is 16.9 Å². The smallest absolute Gasteiger partial charge is 0.159 e. The lowest BCUT2D eigenvalue weighted by atomic mass is 9.95. The van der Waals surface area contributed by atoms with Crippen LogP contribution in [0.5, 0.6) is 0 Å². The molecule has 1 fully saturated rings. The number of aliphatic hydroxyl groups is 3. The molecule has 1 saturated heterocycles. The number of fused-ring (bicyclic) bond motifs is 1. The second kappa shape index (κ2) is 5.58. The van der Waals surface area contributed by atoms with Crippen molar-refractivity contribution in [3.63, 3.8) is 0 Å². The van der Waals surface area contributed by atoms with E-state index in [1.165, 1.54) is 17.8 Å². The highest BCUT2D eigenvalue weighted by Gasteiger charge is 2.49. The van der Waals surface area contributed by atoms with Crippen molar-refractivity contribution in [3.8, 4) is 0 Å². The molecule has 18 heavy (non-hydrogen) atoms. The van der Waals surface area contributed by atoms with Gasteiger partial charge in [0, 0.05) is 6.54 Å². The van der Waals surface area contributed by atoms with Gasteiger partial charge in [-0.2, -0.15) is 0 Å². The molecular formula is C11H18N2O4S. The number of amidine groups is 1. The Labute approximate surface area is 110 Å². The number of aliphatic hydroxyl groups excluding tert-OH is 3. The van der Waals surface area contributed by atoms with Crippen LogP contribution in [0.1, 0.15) is 6.92 Å². The molecule has 7 heteroatoms. The Morgan fingerprint density at radius 1 is 1.56 bits per heavy atom. The van der Waals surface area contributed by atoms with Gasteiger partial charge >= 0.3 is 0 Å². The molecule has 4 N–H and O–H groups in total. The third-order valence-electron chi connectivity index (χ3n) is 3.01. The standard InChI is InChI=1S/C11H18N2O4S/c1-3-5(14)9-8(16)7(15)6-10(17-9)18-11(13-6)12-4-2/h3,5-10,14-16H,1,4H2,2H3,(H,12,13)/t5-,6-,7-,8+,9-,10-/m1/s1. The van der Waals surface area contributed by atoms with E-state index in [0.29, 0.717) is 5.17 Å². The summed E-state index contributed by atoms with van der Waals surface area (Å²) in [4.78, 5) is 4.28. The summed E-state index contributed by atoms with van der Waals surface area (Å²) in [6, 6.07) is -0.507. The predicted molar refractivity (Wildman–Crippen MR) is 69.4 cm³/mol. The number of nitrogens with zero attached hydrogens (tertiary/aromatic N) is 1. The number of rotatable bonds is 3. The monoisotopic (exact) mass is 274 g/mol. The fraction of sp³-hybridized carbons (Fsp3) is 0.727. The van der Waals surface area contributed by atoms with Gasteiger partial charge in [-0.05, 0) is 6.92 Å². The third kappa shape index (κ3) is 2.41. The highest BCUT2D eigenvalue weighted by Crippen LogP contribution is 2.36. The first-order chi connectivity index (χ1) is 8.58. The third-order valence-corrected chi connectivity index (χ3v) is 4.10. The van der Waals surface area contributed by atoms with Gasteiger partial charge < -0.3 is 25.4 Å². The van der Waals surface area contributed by atoms with Gasteiger partial charge in [-0.15, -0.1) is 6.58 Å². The zero-order valence-electron chi connectivity index (χ0n) is 10.1. The zero-order chi connectivity index (χ0) is 13.3. The van der Waals surface area contributed by atoms with Gasteiger partial charge in [-0.3, -0.25) is 4.99 Å². The lowest BCUT2D eigenvalue weighted by Gasteiger charge is -2.39. The lowest BCUT2D eigenvalue weighted by Crippen LogP contribution is -2.57. The highest BCUT2D eigenvalue weighted by atomic mass is 32.2. The van der Waals surface area contributed by atoms with Crippen LogP contribution in [0.2, 0.25) is 0 Å². The van der Waals surface area contributed by atoms with Crippen molar-refractivity contribution in [2.75, 3.05) is 6.54 Å². The van der Waals surface area contributed by atoms with E-state index in [-0.39, 0.29) is 0 Å². The molecule has 6 nitrogen and oxygen atoms in total. The topological polar surface area (TPSA) is 94.3 Å². The van der Waals surface area contributed by atoms with Crippen LogP contribution in [-0.2, 0) is 4.74 Å². The van der Waals surface area contributed by atoms with Gasteiger partial charge in [0.05, 0.1) is 0 Å². The summed E-state index contributed by atoms with van der Waals surface area (Å²) in [7, 11) is 0. The van der Waals surface area contributed by atoms with Crippen LogP contribution in [0.4, 0.5) is 0 Å². The molecule has 0 aromatic carbocycles. The Kier molecular flexibility index (Phi) is 4.29. The van der Waals surface area contributed by atoms with Gasteiger partial charge in [0.1, 0.15) is 35.9 Å². The second-order valence-corrected chi connectivity index (χ2v) is 5.34. The average molecular weight is 274 g/mol. The maximum absolute atomic E-state index is 10.0. The number of nitrogens with one attached hydrogen (secondary N) is 1. The second-order valence-electron chi connectivity index (χ2n) is 4.25. The van der Waals surface area contributed by atoms with E-state index in [4.69, 9.17) is 4.74 Å². The number of ether oxygens (including phenoxy) is 1. The molecular weight excluding hydrogens is 256 g/mol. The molecule has 2 rings (SSSR count). The van der Waals surface area contributed by atoms with Crippen LogP contribution in [0.3, 0.4) is 0 Å². The minimum atomic E-state index is -1.18. The fourth-order valence-electron chi connectivity index (χ4n) is 2.04. The summed E-state index contributed by atoms with van der Waals surface area (Å²) < 4.78 is 5.60. The van der Waals surface area contributed by atoms with Crippen molar-refractivity contribution in [1.82, 2.24) is 5.32 Å². The number of thioether (sulfide) groups is 1. The fourth-order valence-corrected chi connectivity index (χ4v) is 3.21. The first-order valence-corrected chi connectivity index (χ1v) is 6.77. The molecule has 102 valence electrons. The van der Waals surface area contributed by atoms with Crippen molar-refractivity contribution < 1.29 is 20.1 Å². The van der Waals surface area contributed by atoms with Gasteiger partial charge in [0.15, 0.2) is 5.17 Å². The average Bonchev–Trinajstić information content (AvgIpc) is 2.76. The molecule has 2 aliphatic rings. The first kappa shape index (κ1) is 13.8. The van der Waals surface area contributed by atoms with E-state index in [1.807, 2.05) is 6.92 Å². The molecule has 0 aliphatic carbocycles. The molecule has 2 heterocycles. The highest BCUT2D eigenvalue weighted by molar-refractivity contribution is 8.14. The van der Waals surface area contributed by atoms with Crippen LogP contribution in [0, 0.1) is 0 Å². The van der Waals surface area contributed by atoms with E-state index < -0.39 is 35.9 Å². The quantitative estimate of drug-likeness (QED) is 0.496. The van der Waals surface area contributed by atoms with Crippen molar-refractivity contribution in [2.24, 2.45) is 4.99 Å². The Bertz CT molecular complexity index is 352. The summed E-state index contributed by atoms with van der Waals surface area (Å²) in [5.74, 6) is 0. The van der Waals surface area contributed by atoms with E-state index in [9.17, 15) is 15.3 Å². The van der Waals surface area contributed by atoms with Crippen LogP contribution in [0.15, 0.2) is 17.6 Å². The minimum absolute atomic E-state index is 0.392. The number of hydrogen-bond donors (Lipinski definition) is 4. The summed E-state index contributed by atoms with van der Waals surface area (Å²) in [5, 5.41) is 33.4. The first-order valence-electron chi connectivity index (χ1n) is 5.89. The normalized spacial score (nSPS) is 40.9. The molecule has 0 spiro atoms. The van der Waals surface area contributed by atoms with E-state index in [2.05, 4.69) is 16.9 Å². The Balaban J connectivity index is 2.11. The summed E-state index contributed by atoms with van der Waals surface area (Å²) in [6.07, 6.45) is -2.83. The molecule has 0 amide bonds. The van der Waals surface area contributed by atoms with E-state index in [1.54, 1.807) is 0 Å². The van der Waals surface area contributed by atoms with E-state index in [0.717, 1.165) is 6.54 Å². The van der Waals surface area contributed by atoms with Crippen LogP contribution < -0.4 is 5.32 Å². The lowest BCUT2D eigenvalue weighted by molar-refractivity contribution is -0.176. The Morgan fingerprint density at radius 3 is 2.89 bits per heavy atom. The summed E-state index contributed by atoms with van der Waals surface area (Å²) in [6.45, 7) is 6.13. The van der Waals surface area contributed by atoms with Crippen molar-refractivity contribution in [3.05, 3.63) is 12.7 Å². The Hall–Kier alpha value is -0.600. The largest absolute Gasteiger partial charge is 0.388 e. The van der Waals surface area contributed by atoms with Crippen molar-refractivity contribution in [2.45, 2.75) is 42.8 Å². The van der Waals surface area contributed by atoms with Crippen LogP contribution in [0.25, 0.3) is 0 Å². The minimum Gasteiger partial charge on any atom is -0.388 e. The maximum Gasteiger partial charge on any atom is 0.159 e. The van der Waals surface area contributed by atoms with Gasteiger partial charge in [-0.1, -0.05) is 17.8 Å².